The molecule has 0 aromatic heterocycles. The number of nitrogens with two attached hydrogens (primary N) is 2. The van der Waals surface area contributed by atoms with Gasteiger partial charge in [0.15, 0.2) is 0 Å². The van der Waals surface area contributed by atoms with Crippen molar-refractivity contribution in [3.63, 3.8) is 0 Å². The number of ether oxygens (including phenoxy) is 6. The largest absolute Gasteiger partial charge is 0.492 e. The zero-order chi connectivity index (χ0) is 64.7. The first-order chi connectivity index (χ1) is 40.0. The zero-order valence-corrected chi connectivity index (χ0v) is 54.1. The number of hydrogen-bond donors (Lipinski definition) is 9. The average Bonchev–Trinajstić information content (AvgIpc) is 3.55. The number of benzene rings is 2. The molecule has 86 heavy (non-hydrogen) atoms. The second kappa shape index (κ2) is 36.9. The third-order valence-corrected chi connectivity index (χ3v) is 11.6. The van der Waals surface area contributed by atoms with Crippen molar-refractivity contribution in [2.75, 3.05) is 59.0 Å². The van der Waals surface area contributed by atoms with Crippen LogP contribution in [0.1, 0.15) is 174 Å². The predicted molar refractivity (Wildman–Crippen MR) is 334 cm³/mol. The van der Waals surface area contributed by atoms with E-state index in [1.807, 2.05) is 12.1 Å². The van der Waals surface area contributed by atoms with E-state index in [0.29, 0.717) is 84.3 Å². The Hall–Kier alpha value is -6.99. The topological polar surface area (TPSA) is 339 Å². The molecular formula is C61H104N12O13. The number of rotatable bonds is 29. The van der Waals surface area contributed by atoms with Crippen LogP contribution in [0.25, 0.3) is 10.8 Å². The Kier molecular flexibility index (Phi) is 32.2. The van der Waals surface area contributed by atoms with Crippen LogP contribution in [-0.2, 0) is 39.7 Å². The van der Waals surface area contributed by atoms with Gasteiger partial charge in [-0.2, -0.15) is 0 Å². The van der Waals surface area contributed by atoms with Gasteiger partial charge in [-0.3, -0.25) is 45.7 Å². The summed E-state index contributed by atoms with van der Waals surface area (Å²) >= 11 is 0. The SMILES string of the molecule is CC(C)(C)OC(=O)NC(=NCCCC[C@@H](N)C(=O)NCCCN(CCCNC(=O)[C@@H](CCCCN=C(NC(=O)OC(C)(C)C)NC(=O)OC(C)(C)C)NC(=O)OC(C)(C)C)CCOc1ccc2cc(CCCCN)ccc2c1)NC(=O)OC(C)(C)C. The van der Waals surface area contributed by atoms with Crippen LogP contribution in [0.15, 0.2) is 46.4 Å². The fraction of sp³-hybridized carbons (Fsp3) is 0.689. The van der Waals surface area contributed by atoms with E-state index in [4.69, 9.17) is 39.9 Å². The molecule has 0 aliphatic heterocycles. The molecule has 0 radical (unpaired) electrons. The summed E-state index contributed by atoms with van der Waals surface area (Å²) < 4.78 is 33.1. The second-order valence-corrected chi connectivity index (χ2v) is 25.8. The van der Waals surface area contributed by atoms with E-state index >= 15 is 0 Å². The lowest BCUT2D eigenvalue weighted by atomic mass is 10.0. The number of carbonyl (C=O) groups is 7. The Morgan fingerprint density at radius 2 is 0.930 bits per heavy atom. The van der Waals surface area contributed by atoms with E-state index in [1.54, 1.807) is 104 Å². The summed E-state index contributed by atoms with van der Waals surface area (Å²) in [5.74, 6) is -0.287. The summed E-state index contributed by atoms with van der Waals surface area (Å²) in [5, 5.41) is 20.6. The van der Waals surface area contributed by atoms with Crippen molar-refractivity contribution in [3.05, 3.63) is 42.0 Å². The van der Waals surface area contributed by atoms with Gasteiger partial charge in [0, 0.05) is 32.7 Å². The Bertz CT molecular complexity index is 2460. The summed E-state index contributed by atoms with van der Waals surface area (Å²) in [4.78, 5) is 101. The highest BCUT2D eigenvalue weighted by Gasteiger charge is 2.26. The van der Waals surface area contributed by atoms with Gasteiger partial charge in [0.25, 0.3) is 0 Å². The number of nitrogens with zero attached hydrogens (tertiary/aromatic N) is 3. The lowest BCUT2D eigenvalue weighted by Crippen LogP contribution is -2.48. The van der Waals surface area contributed by atoms with Gasteiger partial charge in [0.2, 0.25) is 23.7 Å². The number of amides is 7. The summed E-state index contributed by atoms with van der Waals surface area (Å²) in [6, 6.07) is 10.7. The lowest BCUT2D eigenvalue weighted by molar-refractivity contribution is -0.123. The molecule has 2 rings (SSSR count). The van der Waals surface area contributed by atoms with Crippen molar-refractivity contribution in [3.8, 4) is 5.75 Å². The van der Waals surface area contributed by atoms with Crippen molar-refractivity contribution in [1.29, 1.82) is 0 Å². The lowest BCUT2D eigenvalue weighted by Gasteiger charge is -2.24. The van der Waals surface area contributed by atoms with Crippen LogP contribution in [-0.4, -0.2) is 158 Å². The van der Waals surface area contributed by atoms with Gasteiger partial charge in [-0.05, 0) is 223 Å². The molecule has 0 unspecified atom stereocenters. The average molecular weight is 1210 g/mol. The van der Waals surface area contributed by atoms with Gasteiger partial charge in [-0.25, -0.2) is 24.0 Å². The molecule has 2 atom stereocenters. The molecule has 2 aromatic carbocycles. The van der Waals surface area contributed by atoms with Crippen molar-refractivity contribution in [1.82, 2.24) is 42.1 Å². The number of unbranched alkanes of at least 4 members (excludes halogenated alkanes) is 3. The van der Waals surface area contributed by atoms with E-state index in [2.05, 4.69) is 76.4 Å². The Morgan fingerprint density at radius 3 is 1.40 bits per heavy atom. The highest BCUT2D eigenvalue weighted by molar-refractivity contribution is 6.02. The van der Waals surface area contributed by atoms with Gasteiger partial charge in [-0.1, -0.05) is 24.3 Å². The molecule has 0 spiro atoms. The molecule has 0 aliphatic rings. The van der Waals surface area contributed by atoms with Gasteiger partial charge in [0.05, 0.1) is 6.04 Å². The molecule has 7 amide bonds. The van der Waals surface area contributed by atoms with Crippen LogP contribution in [0.3, 0.4) is 0 Å². The van der Waals surface area contributed by atoms with Crippen LogP contribution < -0.4 is 53.4 Å². The third kappa shape index (κ3) is 37.4. The number of fused-ring (bicyclic) bond motifs is 1. The van der Waals surface area contributed by atoms with Crippen LogP contribution in [0, 0.1) is 0 Å². The molecule has 0 saturated carbocycles. The summed E-state index contributed by atoms with van der Waals surface area (Å²) in [5.41, 5.74) is 9.25. The molecule has 25 heteroatoms. The van der Waals surface area contributed by atoms with Crippen molar-refractivity contribution >= 4 is 65.0 Å². The molecule has 0 heterocycles. The number of guanidine groups is 2. The van der Waals surface area contributed by atoms with Crippen LogP contribution in [0.5, 0.6) is 5.75 Å². The summed E-state index contributed by atoms with van der Waals surface area (Å²) in [6.07, 6.45) is 2.53. The van der Waals surface area contributed by atoms with Crippen LogP contribution in [0.2, 0.25) is 0 Å². The summed E-state index contributed by atoms with van der Waals surface area (Å²) in [6.45, 7) is 29.3. The number of aryl methyl sites for hydroxylation is 1. The minimum atomic E-state index is -0.958. The van der Waals surface area contributed by atoms with Crippen molar-refractivity contribution < 1.29 is 62.0 Å². The maximum atomic E-state index is 13.8. The van der Waals surface area contributed by atoms with Crippen LogP contribution >= 0.6 is 0 Å². The molecule has 11 N–H and O–H groups in total. The summed E-state index contributed by atoms with van der Waals surface area (Å²) in [7, 11) is 0. The van der Waals surface area contributed by atoms with Gasteiger partial charge in [0.1, 0.15) is 46.4 Å². The number of nitrogens with one attached hydrogen (secondary N) is 7. The van der Waals surface area contributed by atoms with Gasteiger partial charge >= 0.3 is 30.5 Å². The Labute approximate surface area is 510 Å². The van der Waals surface area contributed by atoms with E-state index in [1.165, 1.54) is 5.56 Å². The smallest absolute Gasteiger partial charge is 0.414 e. The highest BCUT2D eigenvalue weighted by atomic mass is 16.6. The zero-order valence-electron chi connectivity index (χ0n) is 54.1. The maximum absolute atomic E-state index is 13.8. The quantitative estimate of drug-likeness (QED) is 0.0160. The van der Waals surface area contributed by atoms with E-state index in [9.17, 15) is 33.6 Å². The second-order valence-electron chi connectivity index (χ2n) is 25.8. The molecule has 0 aliphatic carbocycles. The van der Waals surface area contributed by atoms with Gasteiger partial charge in [-0.15, -0.1) is 0 Å². The minimum absolute atomic E-state index is 0.129. The Balaban J connectivity index is 2.12. The fourth-order valence-corrected chi connectivity index (χ4v) is 7.89. The fourth-order valence-electron chi connectivity index (χ4n) is 7.89. The molecule has 2 aromatic rings. The monoisotopic (exact) mass is 1210 g/mol. The first-order valence-electron chi connectivity index (χ1n) is 30.0. The van der Waals surface area contributed by atoms with E-state index in [-0.39, 0.29) is 43.9 Å². The van der Waals surface area contributed by atoms with Crippen LogP contribution in [0.4, 0.5) is 24.0 Å². The molecule has 0 bridgehead atoms. The van der Waals surface area contributed by atoms with E-state index in [0.717, 1.165) is 35.8 Å². The Morgan fingerprint density at radius 1 is 0.500 bits per heavy atom. The standard InChI is InChI=1S/C61H104N12O13/c1-57(2,3)82-52(76)68-47(26-18-21-33-67-51(71-55(79)85-60(10,11)12)72-56(80)86-61(13,14)15)49(75)65-35-23-37-73(38-39-81-45-30-29-43-40-42(24-16-19-31-62)27-28-44(43)41-45)36-22-34-64-48(74)46(63)25-17-20-32-66-50(69-53(77)83-58(4,5)6)70-54(78)84-59(7,8)9/h27-30,40-41,46-47H,16-26,31-39,62-63H2,1-15H3,(H,64,74)(H,65,75)(H,68,76)(H2,66,69,70,77,78)(H2,67,71,72,79,80)/t46-,47-/m1/s1. The van der Waals surface area contributed by atoms with Crippen molar-refractivity contribution in [2.45, 2.75) is 215 Å². The first kappa shape index (κ1) is 75.1. The molecule has 486 valence electrons. The number of aliphatic imine (C=N–C) groups is 2. The van der Waals surface area contributed by atoms with Gasteiger partial charge < -0.3 is 55.8 Å². The highest BCUT2D eigenvalue weighted by Crippen LogP contribution is 2.23. The molecular weight excluding hydrogens is 1110 g/mol. The number of hydrogen-bond acceptors (Lipinski definition) is 18. The van der Waals surface area contributed by atoms with E-state index < -0.39 is 76.5 Å². The molecule has 0 saturated heterocycles. The minimum Gasteiger partial charge on any atom is -0.492 e. The molecule has 0 fully saturated rings. The maximum Gasteiger partial charge on any atom is 0.414 e. The number of alkyl carbamates (subject to hydrolysis) is 5. The van der Waals surface area contributed by atoms with Crippen molar-refractivity contribution in [2.24, 2.45) is 21.5 Å². The number of carbonyl (C=O) groups excluding carboxylic acids is 7. The first-order valence-corrected chi connectivity index (χ1v) is 30.0. The third-order valence-electron chi connectivity index (χ3n) is 11.6. The normalized spacial score (nSPS) is 12.6. The predicted octanol–water partition coefficient (Wildman–Crippen LogP) is 8.19. The molecule has 25 nitrogen and oxygen atoms in total.